The fourth-order valence-electron chi connectivity index (χ4n) is 2.47. The van der Waals surface area contributed by atoms with Gasteiger partial charge in [0.15, 0.2) is 5.71 Å². The average molecular weight is 407 g/mol. The van der Waals surface area contributed by atoms with Crippen molar-refractivity contribution >= 4 is 17.3 Å². The van der Waals surface area contributed by atoms with Gasteiger partial charge < -0.3 is 15.0 Å². The summed E-state index contributed by atoms with van der Waals surface area (Å²) in [6, 6.07) is 11.7. The molecule has 0 radical (unpaired) electrons. The summed E-state index contributed by atoms with van der Waals surface area (Å²) in [6.45, 7) is 1.52. The number of oxime groups is 2. The van der Waals surface area contributed by atoms with Crippen molar-refractivity contribution in [1.29, 1.82) is 0 Å². The smallest absolute Gasteiger partial charge is 0.398 e. The SMILES string of the molecule is CNC(=O)C(=NOC)c1ccccc1CON=C(C)c1cccc(C(F)(F)F)c1. The molecule has 154 valence electrons. The number of nitrogens with zero attached hydrogens (tertiary/aromatic N) is 2. The maximum Gasteiger partial charge on any atom is 0.416 e. The van der Waals surface area contributed by atoms with Gasteiger partial charge in [-0.3, -0.25) is 4.79 Å². The maximum atomic E-state index is 12.9. The highest BCUT2D eigenvalue weighted by atomic mass is 19.4. The van der Waals surface area contributed by atoms with Crippen molar-refractivity contribution in [3.05, 3.63) is 70.8 Å². The highest BCUT2D eigenvalue weighted by Crippen LogP contribution is 2.29. The summed E-state index contributed by atoms with van der Waals surface area (Å²) >= 11 is 0. The molecule has 9 heteroatoms. The first-order chi connectivity index (χ1) is 13.8. The minimum absolute atomic E-state index is 0.0216. The minimum atomic E-state index is -4.44. The fourth-order valence-corrected chi connectivity index (χ4v) is 2.47. The number of halogens is 3. The van der Waals surface area contributed by atoms with Crippen LogP contribution in [-0.4, -0.2) is 31.5 Å². The van der Waals surface area contributed by atoms with Crippen LogP contribution in [0.25, 0.3) is 0 Å². The standard InChI is InChI=1S/C20H20F3N3O3/c1-13(14-8-6-9-16(11-14)20(21,22)23)25-29-12-15-7-4-5-10-17(15)18(26-28-3)19(27)24-2/h4-11H,12H2,1-3H3,(H,24,27). The van der Waals surface area contributed by atoms with Crippen molar-refractivity contribution in [2.24, 2.45) is 10.3 Å². The van der Waals surface area contributed by atoms with Gasteiger partial charge in [-0.25, -0.2) is 0 Å². The maximum absolute atomic E-state index is 12.9. The Morgan fingerprint density at radius 2 is 1.83 bits per heavy atom. The molecule has 29 heavy (non-hydrogen) atoms. The van der Waals surface area contributed by atoms with Crippen LogP contribution in [0.2, 0.25) is 0 Å². The van der Waals surface area contributed by atoms with Gasteiger partial charge in [0.25, 0.3) is 5.91 Å². The number of alkyl halides is 3. The average Bonchev–Trinajstić information content (AvgIpc) is 2.71. The van der Waals surface area contributed by atoms with E-state index in [2.05, 4.69) is 15.6 Å². The van der Waals surface area contributed by atoms with Crippen molar-refractivity contribution in [1.82, 2.24) is 5.32 Å². The third kappa shape index (κ3) is 5.81. The number of hydrogen-bond donors (Lipinski definition) is 1. The van der Waals surface area contributed by atoms with Crippen LogP contribution in [0.15, 0.2) is 58.8 Å². The third-order valence-electron chi connectivity index (χ3n) is 3.93. The topological polar surface area (TPSA) is 72.3 Å². The van der Waals surface area contributed by atoms with Crippen LogP contribution < -0.4 is 5.32 Å². The quantitative estimate of drug-likeness (QED) is 0.561. The second-order valence-electron chi connectivity index (χ2n) is 5.89. The number of carbonyl (C=O) groups excluding carboxylic acids is 1. The lowest BCUT2D eigenvalue weighted by Gasteiger charge is -2.11. The van der Waals surface area contributed by atoms with Crippen LogP contribution in [0.4, 0.5) is 13.2 Å². The van der Waals surface area contributed by atoms with Crippen molar-refractivity contribution in [3.8, 4) is 0 Å². The number of benzene rings is 2. The third-order valence-corrected chi connectivity index (χ3v) is 3.93. The van der Waals surface area contributed by atoms with E-state index in [1.54, 1.807) is 31.2 Å². The number of amides is 1. The van der Waals surface area contributed by atoms with E-state index >= 15 is 0 Å². The van der Waals surface area contributed by atoms with Gasteiger partial charge in [-0.2, -0.15) is 13.2 Å². The molecular formula is C20H20F3N3O3. The molecular weight excluding hydrogens is 387 g/mol. The molecule has 0 atom stereocenters. The largest absolute Gasteiger partial charge is 0.416 e. The van der Waals surface area contributed by atoms with Crippen molar-refractivity contribution < 1.29 is 27.6 Å². The molecule has 6 nitrogen and oxygen atoms in total. The first kappa shape index (κ1) is 21.9. The fraction of sp³-hybridized carbons (Fsp3) is 0.250. The predicted octanol–water partition coefficient (Wildman–Crippen LogP) is 3.74. The highest BCUT2D eigenvalue weighted by molar-refractivity contribution is 6.45. The summed E-state index contributed by atoms with van der Waals surface area (Å²) in [5, 5.41) is 10.1. The summed E-state index contributed by atoms with van der Waals surface area (Å²) in [5.41, 5.74) is 0.965. The lowest BCUT2D eigenvalue weighted by Crippen LogP contribution is -2.29. The van der Waals surface area contributed by atoms with Gasteiger partial charge in [-0.1, -0.05) is 46.7 Å². The lowest BCUT2D eigenvalue weighted by molar-refractivity contribution is -0.137. The van der Waals surface area contributed by atoms with Crippen LogP contribution in [0, 0.1) is 0 Å². The molecule has 1 N–H and O–H groups in total. The Labute approximate surface area is 166 Å². The minimum Gasteiger partial charge on any atom is -0.398 e. The highest BCUT2D eigenvalue weighted by Gasteiger charge is 2.30. The van der Waals surface area contributed by atoms with Crippen LogP contribution in [0.1, 0.15) is 29.2 Å². The Bertz CT molecular complexity index is 924. The molecule has 0 aliphatic rings. The molecule has 0 aromatic heterocycles. The number of nitrogens with one attached hydrogen (secondary N) is 1. The van der Waals surface area contributed by atoms with E-state index in [0.717, 1.165) is 12.1 Å². The van der Waals surface area contributed by atoms with Crippen LogP contribution in [-0.2, 0) is 27.3 Å². The van der Waals surface area contributed by atoms with Gasteiger partial charge in [0.05, 0.1) is 11.3 Å². The number of rotatable bonds is 7. The molecule has 2 aromatic carbocycles. The Balaban J connectivity index is 2.21. The number of hydrogen-bond acceptors (Lipinski definition) is 5. The van der Waals surface area contributed by atoms with Crippen LogP contribution >= 0.6 is 0 Å². The zero-order chi connectivity index (χ0) is 21.4. The summed E-state index contributed by atoms with van der Waals surface area (Å²) in [6.07, 6.45) is -4.44. The van der Waals surface area contributed by atoms with E-state index in [4.69, 9.17) is 9.68 Å². The van der Waals surface area contributed by atoms with Gasteiger partial charge in [0, 0.05) is 18.2 Å². The Hall–Kier alpha value is -3.36. The van der Waals surface area contributed by atoms with Crippen molar-refractivity contribution in [2.75, 3.05) is 14.2 Å². The monoisotopic (exact) mass is 407 g/mol. The normalized spacial score (nSPS) is 12.5. The van der Waals surface area contributed by atoms with E-state index in [1.807, 2.05) is 0 Å². The molecule has 2 rings (SSSR count). The second kappa shape index (κ2) is 9.72. The summed E-state index contributed by atoms with van der Waals surface area (Å²) in [7, 11) is 2.79. The second-order valence-corrected chi connectivity index (χ2v) is 5.89. The molecule has 1 amide bonds. The first-order valence-electron chi connectivity index (χ1n) is 8.53. The van der Waals surface area contributed by atoms with E-state index in [1.165, 1.54) is 26.3 Å². The van der Waals surface area contributed by atoms with Crippen molar-refractivity contribution in [2.45, 2.75) is 19.7 Å². The first-order valence-corrected chi connectivity index (χ1v) is 8.53. The molecule has 0 fully saturated rings. The van der Waals surface area contributed by atoms with Gasteiger partial charge in [-0.05, 0) is 24.6 Å². The molecule has 0 saturated carbocycles. The molecule has 2 aromatic rings. The zero-order valence-corrected chi connectivity index (χ0v) is 16.1. The molecule has 0 aliphatic carbocycles. The van der Waals surface area contributed by atoms with Crippen LogP contribution in [0.3, 0.4) is 0 Å². The van der Waals surface area contributed by atoms with Crippen molar-refractivity contribution in [3.63, 3.8) is 0 Å². The molecule has 0 aliphatic heterocycles. The Kier molecular flexibility index (Phi) is 7.35. The van der Waals surface area contributed by atoms with E-state index < -0.39 is 17.6 Å². The molecule has 0 heterocycles. The van der Waals surface area contributed by atoms with E-state index in [9.17, 15) is 18.0 Å². The van der Waals surface area contributed by atoms with Gasteiger partial charge in [0.1, 0.15) is 13.7 Å². The summed E-state index contributed by atoms with van der Waals surface area (Å²) in [4.78, 5) is 22.1. The van der Waals surface area contributed by atoms with E-state index in [0.29, 0.717) is 16.7 Å². The number of carbonyl (C=O) groups is 1. The number of likely N-dealkylation sites (N-methyl/N-ethyl adjacent to an activating group) is 1. The van der Waals surface area contributed by atoms with Gasteiger partial charge in [0.2, 0.25) is 0 Å². The molecule has 0 saturated heterocycles. The van der Waals surface area contributed by atoms with Gasteiger partial charge >= 0.3 is 6.18 Å². The zero-order valence-electron chi connectivity index (χ0n) is 16.1. The Morgan fingerprint density at radius 3 is 2.48 bits per heavy atom. The summed E-state index contributed by atoms with van der Waals surface area (Å²) in [5.74, 6) is -0.442. The molecule has 0 bridgehead atoms. The summed E-state index contributed by atoms with van der Waals surface area (Å²) < 4.78 is 38.6. The van der Waals surface area contributed by atoms with Crippen LogP contribution in [0.5, 0.6) is 0 Å². The molecule has 0 unspecified atom stereocenters. The Morgan fingerprint density at radius 1 is 1.10 bits per heavy atom. The molecule has 0 spiro atoms. The van der Waals surface area contributed by atoms with Gasteiger partial charge in [-0.15, -0.1) is 0 Å². The van der Waals surface area contributed by atoms with E-state index in [-0.39, 0.29) is 18.0 Å². The lowest BCUT2D eigenvalue weighted by atomic mass is 10.0. The predicted molar refractivity (Wildman–Crippen MR) is 102 cm³/mol.